The first-order valence-electron chi connectivity index (χ1n) is 8.15. The molecular formula is C16H34O3Si. The highest BCUT2D eigenvalue weighted by Gasteiger charge is 2.44. The van der Waals surface area contributed by atoms with Crippen molar-refractivity contribution in [2.45, 2.75) is 96.2 Å². The molecule has 1 rings (SSSR count). The summed E-state index contributed by atoms with van der Waals surface area (Å²) in [4.78, 5) is 0. The predicted octanol–water partition coefficient (Wildman–Crippen LogP) is 4.11. The summed E-state index contributed by atoms with van der Waals surface area (Å²) < 4.78 is 12.5. The molecule has 0 bridgehead atoms. The van der Waals surface area contributed by atoms with Crippen molar-refractivity contribution in [3.8, 4) is 0 Å². The minimum atomic E-state index is -1.76. The molecule has 3 nitrogen and oxygen atoms in total. The van der Waals surface area contributed by atoms with E-state index in [0.717, 1.165) is 12.8 Å². The van der Waals surface area contributed by atoms with Crippen molar-refractivity contribution in [2.75, 3.05) is 6.61 Å². The maximum Gasteiger partial charge on any atom is 0.192 e. The van der Waals surface area contributed by atoms with Gasteiger partial charge in [-0.1, -0.05) is 47.0 Å². The fourth-order valence-electron chi connectivity index (χ4n) is 2.45. The zero-order valence-corrected chi connectivity index (χ0v) is 15.2. The average Bonchev–Trinajstić information content (AvgIpc) is 2.70. The van der Waals surface area contributed by atoms with Gasteiger partial charge in [0.25, 0.3) is 0 Å². The number of aliphatic hydroxyl groups is 1. The Kier molecular flexibility index (Phi) is 6.70. The molecular weight excluding hydrogens is 268 g/mol. The van der Waals surface area contributed by atoms with Crippen molar-refractivity contribution < 1.29 is 14.3 Å². The molecule has 120 valence electrons. The van der Waals surface area contributed by atoms with Gasteiger partial charge < -0.3 is 14.3 Å². The minimum Gasteiger partial charge on any atom is -0.411 e. The third-order valence-electron chi connectivity index (χ3n) is 4.83. The Morgan fingerprint density at radius 3 is 2.40 bits per heavy atom. The molecule has 0 unspecified atom stereocenters. The van der Waals surface area contributed by atoms with Crippen molar-refractivity contribution in [3.63, 3.8) is 0 Å². The van der Waals surface area contributed by atoms with Gasteiger partial charge in [0.1, 0.15) is 0 Å². The second kappa shape index (κ2) is 7.39. The number of hydrogen-bond donors (Lipinski definition) is 1. The summed E-state index contributed by atoms with van der Waals surface area (Å²) in [7, 11) is -1.76. The molecule has 0 aliphatic carbocycles. The van der Waals surface area contributed by atoms with Crippen LogP contribution in [-0.4, -0.2) is 38.3 Å². The highest BCUT2D eigenvalue weighted by Crippen LogP contribution is 2.40. The fourth-order valence-corrected chi connectivity index (χ4v) is 3.81. The van der Waals surface area contributed by atoms with Gasteiger partial charge in [-0.15, -0.1) is 0 Å². The van der Waals surface area contributed by atoms with Crippen LogP contribution in [0.3, 0.4) is 0 Å². The van der Waals surface area contributed by atoms with Crippen LogP contribution in [0.25, 0.3) is 0 Å². The molecule has 1 N–H and O–H groups in total. The smallest absolute Gasteiger partial charge is 0.192 e. The van der Waals surface area contributed by atoms with E-state index in [0.29, 0.717) is 0 Å². The number of rotatable bonds is 7. The lowest BCUT2D eigenvalue weighted by Crippen LogP contribution is -2.45. The Bertz CT molecular complexity index is 286. The standard InChI is InChI=1S/C16H34O3Si/c1-7-8-9-10-14-15(11-13(12-17)18-14)19-20(5,6)16(2,3)4/h13-15,17H,7-12H2,1-6H3/t13-,14+,15+/m0/s1. The van der Waals surface area contributed by atoms with Gasteiger partial charge in [0.2, 0.25) is 0 Å². The molecule has 0 aromatic heterocycles. The Balaban J connectivity index is 2.64. The molecule has 4 heteroatoms. The van der Waals surface area contributed by atoms with Gasteiger partial charge in [0, 0.05) is 6.42 Å². The molecule has 0 saturated carbocycles. The lowest BCUT2D eigenvalue weighted by atomic mass is 10.1. The summed E-state index contributed by atoms with van der Waals surface area (Å²) in [6.07, 6.45) is 5.88. The summed E-state index contributed by atoms with van der Waals surface area (Å²) in [5.74, 6) is 0. The summed E-state index contributed by atoms with van der Waals surface area (Å²) in [6.45, 7) is 13.7. The topological polar surface area (TPSA) is 38.7 Å². The van der Waals surface area contributed by atoms with Gasteiger partial charge in [-0.25, -0.2) is 0 Å². The van der Waals surface area contributed by atoms with Gasteiger partial charge in [0.05, 0.1) is 24.9 Å². The van der Waals surface area contributed by atoms with Crippen LogP contribution in [0.5, 0.6) is 0 Å². The monoisotopic (exact) mass is 302 g/mol. The van der Waals surface area contributed by atoms with E-state index in [1.54, 1.807) is 0 Å². The maximum atomic E-state index is 9.36. The van der Waals surface area contributed by atoms with Crippen LogP contribution in [0, 0.1) is 0 Å². The van der Waals surface area contributed by atoms with Crippen LogP contribution in [0.1, 0.15) is 59.8 Å². The summed E-state index contributed by atoms with van der Waals surface area (Å²) in [5, 5.41) is 9.58. The molecule has 1 aliphatic heterocycles. The number of ether oxygens (including phenoxy) is 1. The third kappa shape index (κ3) is 4.83. The van der Waals surface area contributed by atoms with Crippen molar-refractivity contribution in [1.82, 2.24) is 0 Å². The van der Waals surface area contributed by atoms with Crippen molar-refractivity contribution >= 4 is 8.32 Å². The third-order valence-corrected chi connectivity index (χ3v) is 9.33. The van der Waals surface area contributed by atoms with E-state index in [1.807, 2.05) is 0 Å². The number of aliphatic hydroxyl groups excluding tert-OH is 1. The van der Waals surface area contributed by atoms with Crippen LogP contribution in [-0.2, 0) is 9.16 Å². The molecule has 1 aliphatic rings. The Hall–Kier alpha value is 0.0969. The van der Waals surface area contributed by atoms with Gasteiger partial charge in [-0.05, 0) is 24.6 Å². The molecule has 0 aromatic carbocycles. The highest BCUT2D eigenvalue weighted by molar-refractivity contribution is 6.74. The summed E-state index contributed by atoms with van der Waals surface area (Å²) >= 11 is 0. The van der Waals surface area contributed by atoms with E-state index < -0.39 is 8.32 Å². The van der Waals surface area contributed by atoms with Crippen LogP contribution >= 0.6 is 0 Å². The molecule has 0 spiro atoms. The van der Waals surface area contributed by atoms with Crippen LogP contribution in [0.4, 0.5) is 0 Å². The molecule has 3 atom stereocenters. The number of hydrogen-bond acceptors (Lipinski definition) is 3. The van der Waals surface area contributed by atoms with Gasteiger partial charge in [-0.3, -0.25) is 0 Å². The normalized spacial score (nSPS) is 28.1. The van der Waals surface area contributed by atoms with E-state index in [4.69, 9.17) is 9.16 Å². The average molecular weight is 303 g/mol. The Morgan fingerprint density at radius 2 is 1.90 bits per heavy atom. The summed E-state index contributed by atoms with van der Waals surface area (Å²) in [5.41, 5.74) is 0. The molecule has 0 radical (unpaired) electrons. The quantitative estimate of drug-likeness (QED) is 0.568. The van der Waals surface area contributed by atoms with Gasteiger partial charge in [-0.2, -0.15) is 0 Å². The Morgan fingerprint density at radius 1 is 1.25 bits per heavy atom. The second-order valence-electron chi connectivity index (χ2n) is 7.63. The highest BCUT2D eigenvalue weighted by atomic mass is 28.4. The largest absolute Gasteiger partial charge is 0.411 e. The van der Waals surface area contributed by atoms with Crippen LogP contribution < -0.4 is 0 Å². The van der Waals surface area contributed by atoms with E-state index in [9.17, 15) is 5.11 Å². The first kappa shape index (κ1) is 18.1. The first-order valence-corrected chi connectivity index (χ1v) is 11.1. The molecule has 0 amide bonds. The summed E-state index contributed by atoms with van der Waals surface area (Å²) in [6, 6.07) is 0. The van der Waals surface area contributed by atoms with Crippen molar-refractivity contribution in [1.29, 1.82) is 0 Å². The lowest BCUT2D eigenvalue weighted by Gasteiger charge is -2.39. The molecule has 20 heavy (non-hydrogen) atoms. The van der Waals surface area contributed by atoms with Crippen LogP contribution in [0.15, 0.2) is 0 Å². The van der Waals surface area contributed by atoms with Gasteiger partial charge >= 0.3 is 0 Å². The zero-order valence-electron chi connectivity index (χ0n) is 14.2. The minimum absolute atomic E-state index is 0.0311. The van der Waals surface area contributed by atoms with Crippen LogP contribution in [0.2, 0.25) is 18.1 Å². The first-order chi connectivity index (χ1) is 9.21. The Labute approximate surface area is 126 Å². The van der Waals surface area contributed by atoms with E-state index >= 15 is 0 Å². The van der Waals surface area contributed by atoms with E-state index in [-0.39, 0.29) is 30.0 Å². The van der Waals surface area contributed by atoms with E-state index in [2.05, 4.69) is 40.8 Å². The second-order valence-corrected chi connectivity index (χ2v) is 12.4. The van der Waals surface area contributed by atoms with Crippen molar-refractivity contribution in [3.05, 3.63) is 0 Å². The molecule has 0 aromatic rings. The van der Waals surface area contributed by atoms with Crippen molar-refractivity contribution in [2.24, 2.45) is 0 Å². The fraction of sp³-hybridized carbons (Fsp3) is 1.00. The zero-order chi connectivity index (χ0) is 15.4. The maximum absolute atomic E-state index is 9.36. The number of unbranched alkanes of at least 4 members (excludes halogenated alkanes) is 2. The SMILES string of the molecule is CCCCC[C@H]1O[C@H](CO)C[C@H]1O[Si](C)(C)C(C)(C)C. The molecule has 1 heterocycles. The molecule has 1 fully saturated rings. The lowest BCUT2D eigenvalue weighted by molar-refractivity contribution is -0.0120. The predicted molar refractivity (Wildman–Crippen MR) is 86.6 cm³/mol. The molecule has 1 saturated heterocycles. The van der Waals surface area contributed by atoms with Gasteiger partial charge in [0.15, 0.2) is 8.32 Å². The van der Waals surface area contributed by atoms with E-state index in [1.165, 1.54) is 19.3 Å².